The molecule has 0 bridgehead atoms. The predicted molar refractivity (Wildman–Crippen MR) is 67.9 cm³/mol. The van der Waals surface area contributed by atoms with Gasteiger partial charge in [-0.3, -0.25) is 0 Å². The smallest absolute Gasteiger partial charge is 0.390 e. The molecule has 0 radical (unpaired) electrons. The van der Waals surface area contributed by atoms with Gasteiger partial charge in [-0.1, -0.05) is 19.1 Å². The topological polar surface area (TPSA) is 33.1 Å². The molecule has 0 saturated heterocycles. The van der Waals surface area contributed by atoms with E-state index < -0.39 is 11.7 Å². The molecule has 0 spiro atoms. The Morgan fingerprint density at radius 1 is 1.21 bits per heavy atom. The van der Waals surface area contributed by atoms with Crippen molar-refractivity contribution in [1.82, 2.24) is 4.98 Å². The van der Waals surface area contributed by atoms with E-state index in [2.05, 4.69) is 4.98 Å². The number of hydrogen-bond donors (Lipinski definition) is 1. The third-order valence-electron chi connectivity index (χ3n) is 2.71. The van der Waals surface area contributed by atoms with Crippen LogP contribution in [-0.4, -0.2) is 10.1 Å². The molecule has 102 valence electrons. The molecule has 1 N–H and O–H groups in total. The fourth-order valence-electron chi connectivity index (χ4n) is 1.71. The summed E-state index contributed by atoms with van der Waals surface area (Å²) in [7, 11) is 0. The number of aromatic nitrogens is 1. The van der Waals surface area contributed by atoms with Crippen molar-refractivity contribution in [2.75, 3.05) is 0 Å². The minimum atomic E-state index is -4.33. The van der Waals surface area contributed by atoms with Crippen molar-refractivity contribution in [3.05, 3.63) is 40.4 Å². The lowest BCUT2D eigenvalue weighted by atomic mass is 10.1. The Morgan fingerprint density at radius 3 is 2.26 bits per heavy atom. The molecule has 1 aromatic carbocycles. The Kier molecular flexibility index (Phi) is 3.91. The van der Waals surface area contributed by atoms with Crippen molar-refractivity contribution in [1.29, 1.82) is 0 Å². The quantitative estimate of drug-likeness (QED) is 0.929. The molecule has 0 fully saturated rings. The number of aryl methyl sites for hydroxylation is 1. The first kappa shape index (κ1) is 14.0. The van der Waals surface area contributed by atoms with Crippen LogP contribution in [-0.2, 0) is 19.2 Å². The lowest BCUT2D eigenvalue weighted by molar-refractivity contribution is -0.137. The zero-order valence-corrected chi connectivity index (χ0v) is 11.0. The van der Waals surface area contributed by atoms with E-state index in [9.17, 15) is 13.2 Å². The average Bonchev–Trinajstić information content (AvgIpc) is 2.81. The van der Waals surface area contributed by atoms with Gasteiger partial charge in [0.25, 0.3) is 0 Å². The van der Waals surface area contributed by atoms with Gasteiger partial charge in [0.1, 0.15) is 5.01 Å². The molecule has 0 aliphatic rings. The Bertz CT molecular complexity index is 539. The first-order chi connectivity index (χ1) is 8.95. The molecule has 0 unspecified atom stereocenters. The van der Waals surface area contributed by atoms with Crippen LogP contribution in [0.25, 0.3) is 10.6 Å². The molecule has 6 heteroatoms. The van der Waals surface area contributed by atoms with Crippen LogP contribution in [0, 0.1) is 0 Å². The second-order valence-electron chi connectivity index (χ2n) is 3.98. The highest BCUT2D eigenvalue weighted by molar-refractivity contribution is 7.15. The van der Waals surface area contributed by atoms with E-state index in [1.165, 1.54) is 23.5 Å². The van der Waals surface area contributed by atoms with E-state index in [0.29, 0.717) is 16.3 Å². The summed E-state index contributed by atoms with van der Waals surface area (Å²) in [4.78, 5) is 5.20. The summed E-state index contributed by atoms with van der Waals surface area (Å²) in [6.07, 6.45) is -3.58. The van der Waals surface area contributed by atoms with Gasteiger partial charge in [-0.25, -0.2) is 4.98 Å². The number of nitrogens with zero attached hydrogens (tertiary/aromatic N) is 1. The zero-order valence-electron chi connectivity index (χ0n) is 10.2. The first-order valence-electron chi connectivity index (χ1n) is 5.72. The molecule has 1 aromatic heterocycles. The van der Waals surface area contributed by atoms with Crippen LogP contribution in [0.2, 0.25) is 0 Å². The van der Waals surface area contributed by atoms with Crippen LogP contribution >= 0.6 is 11.3 Å². The molecule has 1 heterocycles. The third kappa shape index (κ3) is 2.96. The monoisotopic (exact) mass is 287 g/mol. The third-order valence-corrected chi connectivity index (χ3v) is 4.00. The summed E-state index contributed by atoms with van der Waals surface area (Å²) in [5.74, 6) is 0. The fraction of sp³-hybridized carbons (Fsp3) is 0.308. The van der Waals surface area contributed by atoms with Crippen LogP contribution in [0.5, 0.6) is 0 Å². The van der Waals surface area contributed by atoms with Gasteiger partial charge < -0.3 is 5.11 Å². The van der Waals surface area contributed by atoms with E-state index in [0.717, 1.165) is 23.4 Å². The van der Waals surface area contributed by atoms with Crippen molar-refractivity contribution < 1.29 is 18.3 Å². The van der Waals surface area contributed by atoms with Crippen LogP contribution < -0.4 is 0 Å². The van der Waals surface area contributed by atoms with Gasteiger partial charge in [0, 0.05) is 10.4 Å². The van der Waals surface area contributed by atoms with Gasteiger partial charge in [-0.15, -0.1) is 11.3 Å². The predicted octanol–water partition coefficient (Wildman–Crippen LogP) is 3.88. The zero-order chi connectivity index (χ0) is 14.0. The van der Waals surface area contributed by atoms with E-state index >= 15 is 0 Å². The van der Waals surface area contributed by atoms with E-state index in [4.69, 9.17) is 5.11 Å². The van der Waals surface area contributed by atoms with Crippen molar-refractivity contribution >= 4 is 11.3 Å². The second kappa shape index (κ2) is 5.30. The highest BCUT2D eigenvalue weighted by Crippen LogP contribution is 2.33. The maximum absolute atomic E-state index is 12.5. The number of rotatable bonds is 3. The average molecular weight is 287 g/mol. The van der Waals surface area contributed by atoms with E-state index in [-0.39, 0.29) is 6.61 Å². The molecule has 2 nitrogen and oxygen atoms in total. The molecule has 0 saturated carbocycles. The number of thiazole rings is 1. The van der Waals surface area contributed by atoms with Gasteiger partial charge in [0.05, 0.1) is 17.9 Å². The Morgan fingerprint density at radius 2 is 1.84 bits per heavy atom. The molecule has 0 atom stereocenters. The van der Waals surface area contributed by atoms with Crippen LogP contribution in [0.15, 0.2) is 24.3 Å². The summed E-state index contributed by atoms with van der Waals surface area (Å²) in [5.41, 5.74) is 0.556. The minimum Gasteiger partial charge on any atom is -0.390 e. The maximum Gasteiger partial charge on any atom is 0.416 e. The molecule has 0 amide bonds. The van der Waals surface area contributed by atoms with Crippen molar-refractivity contribution in [3.8, 4) is 10.6 Å². The SMILES string of the molecule is CCc1sc(-c2ccc(C(F)(F)F)cc2)nc1CO. The molecule has 2 rings (SSSR count). The minimum absolute atomic E-state index is 0.152. The van der Waals surface area contributed by atoms with Gasteiger partial charge in [0.2, 0.25) is 0 Å². The van der Waals surface area contributed by atoms with Gasteiger partial charge in [-0.05, 0) is 18.6 Å². The molecule has 0 aliphatic carbocycles. The van der Waals surface area contributed by atoms with E-state index in [1.54, 1.807) is 0 Å². The summed E-state index contributed by atoms with van der Waals surface area (Å²) in [6.45, 7) is 1.80. The number of benzene rings is 1. The molecule has 2 aromatic rings. The largest absolute Gasteiger partial charge is 0.416 e. The van der Waals surface area contributed by atoms with Crippen molar-refractivity contribution in [3.63, 3.8) is 0 Å². The van der Waals surface area contributed by atoms with Crippen LogP contribution in [0.3, 0.4) is 0 Å². The summed E-state index contributed by atoms with van der Waals surface area (Å²) >= 11 is 1.40. The van der Waals surface area contributed by atoms with Crippen molar-refractivity contribution in [2.45, 2.75) is 26.1 Å². The first-order valence-corrected chi connectivity index (χ1v) is 6.54. The number of aliphatic hydroxyl groups excluding tert-OH is 1. The standard InChI is InChI=1S/C13H12F3NOS/c1-2-11-10(7-18)17-12(19-11)8-3-5-9(6-4-8)13(14,15)16/h3-6,18H,2,7H2,1H3. The number of hydrogen-bond acceptors (Lipinski definition) is 3. The highest BCUT2D eigenvalue weighted by Gasteiger charge is 2.30. The van der Waals surface area contributed by atoms with Gasteiger partial charge >= 0.3 is 6.18 Å². The Balaban J connectivity index is 2.34. The Labute approximate surface area is 112 Å². The second-order valence-corrected chi connectivity index (χ2v) is 5.06. The summed E-state index contributed by atoms with van der Waals surface area (Å²) in [6, 6.07) is 4.90. The highest BCUT2D eigenvalue weighted by atomic mass is 32.1. The van der Waals surface area contributed by atoms with Crippen molar-refractivity contribution in [2.24, 2.45) is 0 Å². The normalized spacial score (nSPS) is 11.8. The lowest BCUT2D eigenvalue weighted by Crippen LogP contribution is -2.03. The summed E-state index contributed by atoms with van der Waals surface area (Å²) in [5, 5.41) is 9.79. The Hall–Kier alpha value is -1.40. The fourth-order valence-corrected chi connectivity index (χ4v) is 2.72. The van der Waals surface area contributed by atoms with Crippen LogP contribution in [0.1, 0.15) is 23.1 Å². The maximum atomic E-state index is 12.5. The molecular formula is C13H12F3NOS. The van der Waals surface area contributed by atoms with Gasteiger partial charge in [0.15, 0.2) is 0 Å². The summed E-state index contributed by atoms with van der Waals surface area (Å²) < 4.78 is 37.4. The molecular weight excluding hydrogens is 275 g/mol. The molecule has 19 heavy (non-hydrogen) atoms. The number of alkyl halides is 3. The van der Waals surface area contributed by atoms with E-state index in [1.807, 2.05) is 6.92 Å². The van der Waals surface area contributed by atoms with Crippen LogP contribution in [0.4, 0.5) is 13.2 Å². The lowest BCUT2D eigenvalue weighted by Gasteiger charge is -2.06. The number of halogens is 3. The van der Waals surface area contributed by atoms with Gasteiger partial charge in [-0.2, -0.15) is 13.2 Å². The number of aliphatic hydroxyl groups is 1. The molecule has 0 aliphatic heterocycles.